The standard InChI is InChI=1S/C13H24O/c1-9-8-10(12(2,3)4)11(14-9)13(5,6)7/h8,10-11H,1-7H3. The molecule has 0 bridgehead atoms. The summed E-state index contributed by atoms with van der Waals surface area (Å²) in [4.78, 5) is 0. The summed E-state index contributed by atoms with van der Waals surface area (Å²) in [5.41, 5.74) is 0.502. The maximum atomic E-state index is 5.93. The zero-order chi connectivity index (χ0) is 11.1. The van der Waals surface area contributed by atoms with Gasteiger partial charge in [-0.05, 0) is 23.8 Å². The summed E-state index contributed by atoms with van der Waals surface area (Å²) in [6.45, 7) is 15.7. The predicted octanol–water partition coefficient (Wildman–Crippen LogP) is 4.00. The number of hydrogen-bond acceptors (Lipinski definition) is 1. The van der Waals surface area contributed by atoms with E-state index >= 15 is 0 Å². The minimum absolute atomic E-state index is 0.214. The first-order valence-electron chi connectivity index (χ1n) is 5.47. The summed E-state index contributed by atoms with van der Waals surface area (Å²) < 4.78 is 5.93. The smallest absolute Gasteiger partial charge is 0.110 e. The molecular formula is C13H24O. The number of allylic oxidation sites excluding steroid dienone is 1. The van der Waals surface area contributed by atoms with Crippen LogP contribution < -0.4 is 0 Å². The zero-order valence-corrected chi connectivity index (χ0v) is 10.6. The fourth-order valence-electron chi connectivity index (χ4n) is 2.07. The van der Waals surface area contributed by atoms with Crippen molar-refractivity contribution >= 4 is 0 Å². The molecule has 0 aliphatic carbocycles. The van der Waals surface area contributed by atoms with Crippen LogP contribution in [0.25, 0.3) is 0 Å². The lowest BCUT2D eigenvalue weighted by Gasteiger charge is -2.37. The van der Waals surface area contributed by atoms with Gasteiger partial charge in [0.25, 0.3) is 0 Å². The molecular weight excluding hydrogens is 172 g/mol. The van der Waals surface area contributed by atoms with E-state index < -0.39 is 0 Å². The van der Waals surface area contributed by atoms with E-state index in [1.165, 1.54) is 0 Å². The first-order chi connectivity index (χ1) is 6.12. The molecule has 0 aromatic rings. The van der Waals surface area contributed by atoms with Gasteiger partial charge in [0.1, 0.15) is 6.10 Å². The van der Waals surface area contributed by atoms with Crippen LogP contribution >= 0.6 is 0 Å². The maximum absolute atomic E-state index is 5.93. The van der Waals surface area contributed by atoms with Crippen molar-refractivity contribution in [3.05, 3.63) is 11.8 Å². The second kappa shape index (κ2) is 3.29. The summed E-state index contributed by atoms with van der Waals surface area (Å²) in [5.74, 6) is 1.62. The molecule has 1 heteroatoms. The minimum atomic E-state index is 0.214. The Morgan fingerprint density at radius 3 is 1.79 bits per heavy atom. The van der Waals surface area contributed by atoms with Gasteiger partial charge in [-0.1, -0.05) is 41.5 Å². The van der Waals surface area contributed by atoms with E-state index in [-0.39, 0.29) is 10.8 Å². The Morgan fingerprint density at radius 1 is 1.00 bits per heavy atom. The van der Waals surface area contributed by atoms with Gasteiger partial charge < -0.3 is 4.74 Å². The summed E-state index contributed by atoms with van der Waals surface area (Å²) in [6.07, 6.45) is 2.61. The average molecular weight is 196 g/mol. The Bertz CT molecular complexity index is 237. The molecule has 14 heavy (non-hydrogen) atoms. The molecule has 0 fully saturated rings. The van der Waals surface area contributed by atoms with Crippen molar-refractivity contribution in [3.8, 4) is 0 Å². The molecule has 0 amide bonds. The molecule has 2 unspecified atom stereocenters. The molecule has 0 aromatic heterocycles. The van der Waals surface area contributed by atoms with E-state index in [0.29, 0.717) is 12.0 Å². The van der Waals surface area contributed by atoms with Gasteiger partial charge in [0, 0.05) is 5.92 Å². The second-order valence-corrected chi connectivity index (χ2v) is 6.57. The highest BCUT2D eigenvalue weighted by atomic mass is 16.5. The molecule has 0 radical (unpaired) electrons. The predicted molar refractivity (Wildman–Crippen MR) is 61.0 cm³/mol. The third-order valence-electron chi connectivity index (χ3n) is 2.91. The fraction of sp³-hybridized carbons (Fsp3) is 0.846. The minimum Gasteiger partial charge on any atom is -0.494 e. The van der Waals surface area contributed by atoms with E-state index in [4.69, 9.17) is 4.74 Å². The van der Waals surface area contributed by atoms with Crippen molar-refractivity contribution in [1.29, 1.82) is 0 Å². The fourth-order valence-corrected chi connectivity index (χ4v) is 2.07. The molecule has 0 N–H and O–H groups in total. The Hall–Kier alpha value is -0.460. The molecule has 2 atom stereocenters. The lowest BCUT2D eigenvalue weighted by molar-refractivity contribution is -0.00799. The lowest BCUT2D eigenvalue weighted by atomic mass is 9.70. The van der Waals surface area contributed by atoms with Gasteiger partial charge >= 0.3 is 0 Å². The van der Waals surface area contributed by atoms with Gasteiger partial charge in [-0.15, -0.1) is 0 Å². The largest absolute Gasteiger partial charge is 0.494 e. The SMILES string of the molecule is CC1=CC(C(C)(C)C)C(C(C)(C)C)O1. The molecule has 1 nitrogen and oxygen atoms in total. The average Bonchev–Trinajstić information content (AvgIpc) is 2.27. The highest BCUT2D eigenvalue weighted by Crippen LogP contribution is 2.44. The maximum Gasteiger partial charge on any atom is 0.110 e. The lowest BCUT2D eigenvalue weighted by Crippen LogP contribution is -2.38. The molecule has 0 spiro atoms. The van der Waals surface area contributed by atoms with Crippen LogP contribution in [0.2, 0.25) is 0 Å². The van der Waals surface area contributed by atoms with Crippen LogP contribution in [-0.4, -0.2) is 6.10 Å². The van der Waals surface area contributed by atoms with Crippen molar-refractivity contribution in [2.45, 2.75) is 54.6 Å². The van der Waals surface area contributed by atoms with Gasteiger partial charge in [0.05, 0.1) is 5.76 Å². The number of ether oxygens (including phenoxy) is 1. The molecule has 1 rings (SSSR count). The highest BCUT2D eigenvalue weighted by molar-refractivity contribution is 5.10. The highest BCUT2D eigenvalue weighted by Gasteiger charge is 2.42. The Balaban J connectivity index is 2.91. The van der Waals surface area contributed by atoms with Crippen LogP contribution in [0.15, 0.2) is 11.8 Å². The Kier molecular flexibility index (Phi) is 2.73. The second-order valence-electron chi connectivity index (χ2n) is 6.57. The van der Waals surface area contributed by atoms with E-state index in [1.807, 2.05) is 0 Å². The molecule has 1 aliphatic heterocycles. The van der Waals surface area contributed by atoms with Crippen molar-refractivity contribution in [2.75, 3.05) is 0 Å². The first kappa shape index (κ1) is 11.6. The van der Waals surface area contributed by atoms with Gasteiger partial charge in [-0.2, -0.15) is 0 Å². The molecule has 0 saturated carbocycles. The van der Waals surface area contributed by atoms with Crippen LogP contribution in [0.5, 0.6) is 0 Å². The van der Waals surface area contributed by atoms with Crippen LogP contribution in [-0.2, 0) is 4.74 Å². The molecule has 82 valence electrons. The summed E-state index contributed by atoms with van der Waals surface area (Å²) in [5, 5.41) is 0. The van der Waals surface area contributed by atoms with Crippen molar-refractivity contribution in [3.63, 3.8) is 0 Å². The molecule has 0 saturated heterocycles. The van der Waals surface area contributed by atoms with Crippen LogP contribution in [0, 0.1) is 16.7 Å². The van der Waals surface area contributed by atoms with E-state index in [2.05, 4.69) is 54.5 Å². The quantitative estimate of drug-likeness (QED) is 0.569. The van der Waals surface area contributed by atoms with Crippen molar-refractivity contribution in [1.82, 2.24) is 0 Å². The topological polar surface area (TPSA) is 9.23 Å². The van der Waals surface area contributed by atoms with E-state index in [1.54, 1.807) is 0 Å². The third kappa shape index (κ3) is 2.31. The molecule has 1 aliphatic rings. The van der Waals surface area contributed by atoms with Gasteiger partial charge in [-0.25, -0.2) is 0 Å². The summed E-state index contributed by atoms with van der Waals surface area (Å²) >= 11 is 0. The summed E-state index contributed by atoms with van der Waals surface area (Å²) in [6, 6.07) is 0. The normalized spacial score (nSPS) is 28.6. The van der Waals surface area contributed by atoms with Gasteiger partial charge in [-0.3, -0.25) is 0 Å². The van der Waals surface area contributed by atoms with Crippen molar-refractivity contribution < 1.29 is 4.74 Å². The van der Waals surface area contributed by atoms with E-state index in [0.717, 1.165) is 5.76 Å². The van der Waals surface area contributed by atoms with Crippen LogP contribution in [0.1, 0.15) is 48.5 Å². The van der Waals surface area contributed by atoms with E-state index in [9.17, 15) is 0 Å². The zero-order valence-electron chi connectivity index (χ0n) is 10.6. The Labute approximate surface area is 88.5 Å². The molecule has 1 heterocycles. The van der Waals surface area contributed by atoms with Crippen molar-refractivity contribution in [2.24, 2.45) is 16.7 Å². The van der Waals surface area contributed by atoms with Crippen LogP contribution in [0.4, 0.5) is 0 Å². The van der Waals surface area contributed by atoms with Gasteiger partial charge in [0.15, 0.2) is 0 Å². The third-order valence-corrected chi connectivity index (χ3v) is 2.91. The Morgan fingerprint density at radius 2 is 1.50 bits per heavy atom. The first-order valence-corrected chi connectivity index (χ1v) is 5.47. The number of rotatable bonds is 0. The number of hydrogen-bond donors (Lipinski definition) is 0. The summed E-state index contributed by atoms with van der Waals surface area (Å²) in [7, 11) is 0. The van der Waals surface area contributed by atoms with Gasteiger partial charge in [0.2, 0.25) is 0 Å². The monoisotopic (exact) mass is 196 g/mol. The van der Waals surface area contributed by atoms with Crippen LogP contribution in [0.3, 0.4) is 0 Å². The molecule has 0 aromatic carbocycles.